The summed E-state index contributed by atoms with van der Waals surface area (Å²) in [5.41, 5.74) is 1.47. The predicted molar refractivity (Wildman–Crippen MR) is 90.1 cm³/mol. The Labute approximate surface area is 128 Å². The van der Waals surface area contributed by atoms with Gasteiger partial charge < -0.3 is 5.32 Å². The Morgan fingerprint density at radius 1 is 1.26 bits per heavy atom. The van der Waals surface area contributed by atoms with Crippen LogP contribution in [-0.2, 0) is 0 Å². The van der Waals surface area contributed by atoms with E-state index in [1.165, 1.54) is 45.8 Å². The molecule has 1 nitrogen and oxygen atoms in total. The van der Waals surface area contributed by atoms with Crippen molar-refractivity contribution < 1.29 is 0 Å². The van der Waals surface area contributed by atoms with Crippen molar-refractivity contribution >= 4 is 37.4 Å². The van der Waals surface area contributed by atoms with Crippen LogP contribution in [0.15, 0.2) is 28.1 Å². The Hall–Kier alpha value is -0.380. The molecule has 19 heavy (non-hydrogen) atoms. The number of nitrogens with one attached hydrogen (secondary N) is 1. The average Bonchev–Trinajstić information content (AvgIpc) is 2.83. The van der Waals surface area contributed by atoms with Gasteiger partial charge in [-0.15, -0.1) is 11.3 Å². The van der Waals surface area contributed by atoms with Gasteiger partial charge in [0, 0.05) is 15.2 Å². The van der Waals surface area contributed by atoms with Gasteiger partial charge in [-0.05, 0) is 51.3 Å². The topological polar surface area (TPSA) is 12.0 Å². The van der Waals surface area contributed by atoms with Gasteiger partial charge in [0.1, 0.15) is 0 Å². The van der Waals surface area contributed by atoms with E-state index < -0.39 is 0 Å². The van der Waals surface area contributed by atoms with Crippen molar-refractivity contribution in [1.82, 2.24) is 5.32 Å². The number of hydrogen-bond acceptors (Lipinski definition) is 2. The second-order valence-electron chi connectivity index (χ2n) is 4.91. The highest BCUT2D eigenvalue weighted by Crippen LogP contribution is 2.36. The van der Waals surface area contributed by atoms with Crippen LogP contribution in [0.25, 0.3) is 10.1 Å². The van der Waals surface area contributed by atoms with Gasteiger partial charge in [-0.2, -0.15) is 0 Å². The summed E-state index contributed by atoms with van der Waals surface area (Å²) in [6.07, 6.45) is 5.15. The molecule has 1 aromatic heterocycles. The van der Waals surface area contributed by atoms with Gasteiger partial charge in [-0.3, -0.25) is 0 Å². The molecule has 0 spiro atoms. The molecule has 2 aromatic rings. The largest absolute Gasteiger partial charge is 0.310 e. The van der Waals surface area contributed by atoms with Crippen LogP contribution >= 0.6 is 27.3 Å². The quantitative estimate of drug-likeness (QED) is 0.619. The highest BCUT2D eigenvalue weighted by atomic mass is 79.9. The molecule has 1 unspecified atom stereocenters. The molecule has 0 fully saturated rings. The third-order valence-electron chi connectivity index (χ3n) is 3.50. The zero-order valence-corrected chi connectivity index (χ0v) is 14.1. The zero-order chi connectivity index (χ0) is 13.7. The van der Waals surface area contributed by atoms with Crippen LogP contribution in [0.4, 0.5) is 0 Å². The molecule has 0 saturated carbocycles. The van der Waals surface area contributed by atoms with Crippen LogP contribution in [0.3, 0.4) is 0 Å². The van der Waals surface area contributed by atoms with Gasteiger partial charge in [0.2, 0.25) is 0 Å². The van der Waals surface area contributed by atoms with Gasteiger partial charge in [0.05, 0.1) is 0 Å². The molecule has 0 radical (unpaired) electrons. The van der Waals surface area contributed by atoms with Crippen LogP contribution in [0.5, 0.6) is 0 Å². The lowest BCUT2D eigenvalue weighted by Gasteiger charge is -2.17. The number of unbranched alkanes of at least 4 members (excludes halogenated alkanes) is 2. The average molecular weight is 340 g/mol. The lowest BCUT2D eigenvalue weighted by molar-refractivity contribution is 0.490. The first-order valence-corrected chi connectivity index (χ1v) is 8.84. The fourth-order valence-electron chi connectivity index (χ4n) is 2.52. The minimum Gasteiger partial charge on any atom is -0.310 e. The molecule has 1 N–H and O–H groups in total. The summed E-state index contributed by atoms with van der Waals surface area (Å²) in [4.78, 5) is 0. The van der Waals surface area contributed by atoms with E-state index >= 15 is 0 Å². The molecule has 1 aromatic carbocycles. The molecule has 0 saturated heterocycles. The first-order valence-electron chi connectivity index (χ1n) is 7.16. The fraction of sp³-hybridized carbons (Fsp3) is 0.500. The Morgan fingerprint density at radius 3 is 2.84 bits per heavy atom. The second-order valence-corrected chi connectivity index (χ2v) is 6.65. The summed E-state index contributed by atoms with van der Waals surface area (Å²) >= 11 is 5.50. The Morgan fingerprint density at radius 2 is 2.11 bits per heavy atom. The van der Waals surface area contributed by atoms with E-state index in [0.717, 1.165) is 6.54 Å². The normalized spacial score (nSPS) is 13.0. The van der Waals surface area contributed by atoms with Crippen molar-refractivity contribution in [2.75, 3.05) is 6.54 Å². The van der Waals surface area contributed by atoms with E-state index in [-0.39, 0.29) is 0 Å². The first kappa shape index (κ1) is 15.0. The number of thiophene rings is 1. The molecule has 104 valence electrons. The highest BCUT2D eigenvalue weighted by molar-refractivity contribution is 9.10. The van der Waals surface area contributed by atoms with Crippen molar-refractivity contribution in [2.45, 2.75) is 45.6 Å². The molecule has 0 aliphatic heterocycles. The summed E-state index contributed by atoms with van der Waals surface area (Å²) in [5, 5.41) is 7.38. The summed E-state index contributed by atoms with van der Waals surface area (Å²) in [7, 11) is 0. The minimum absolute atomic E-state index is 0.500. The van der Waals surface area contributed by atoms with Crippen LogP contribution in [-0.4, -0.2) is 6.54 Å². The lowest BCUT2D eigenvalue weighted by Crippen LogP contribution is -2.20. The summed E-state index contributed by atoms with van der Waals surface area (Å²) in [5.74, 6) is 0. The fourth-order valence-corrected chi connectivity index (χ4v) is 4.20. The lowest BCUT2D eigenvalue weighted by atomic mass is 10.00. The number of hydrogen-bond donors (Lipinski definition) is 1. The van der Waals surface area contributed by atoms with Gasteiger partial charge >= 0.3 is 0 Å². The van der Waals surface area contributed by atoms with E-state index in [2.05, 4.69) is 58.7 Å². The van der Waals surface area contributed by atoms with Crippen molar-refractivity contribution in [2.24, 2.45) is 0 Å². The van der Waals surface area contributed by atoms with Crippen LogP contribution in [0, 0.1) is 0 Å². The van der Waals surface area contributed by atoms with Crippen LogP contribution < -0.4 is 5.32 Å². The molecule has 3 heteroatoms. The molecule has 0 aliphatic carbocycles. The number of fused-ring (bicyclic) bond motifs is 1. The van der Waals surface area contributed by atoms with Crippen molar-refractivity contribution in [1.29, 1.82) is 0 Å². The second kappa shape index (κ2) is 7.41. The Kier molecular flexibility index (Phi) is 5.86. The van der Waals surface area contributed by atoms with Crippen LogP contribution in [0.2, 0.25) is 0 Å². The maximum absolute atomic E-state index is 3.65. The number of halogens is 1. The van der Waals surface area contributed by atoms with Gasteiger partial charge in [-0.1, -0.05) is 45.2 Å². The number of rotatable bonds is 7. The Balaban J connectivity index is 2.25. The standard InChI is InChI=1S/C16H22BrNS/c1-3-5-6-10-15(18-4-2)13-11-19-16-12(13)8-7-9-14(16)17/h7-9,11,15,18H,3-6,10H2,1-2H3. The van der Waals surface area contributed by atoms with Gasteiger partial charge in [0.25, 0.3) is 0 Å². The molecule has 0 aliphatic rings. The summed E-state index contributed by atoms with van der Waals surface area (Å²) in [6, 6.07) is 7.01. The third-order valence-corrected chi connectivity index (χ3v) is 5.47. The molecule has 1 atom stereocenters. The zero-order valence-electron chi connectivity index (χ0n) is 11.7. The van der Waals surface area contributed by atoms with E-state index in [9.17, 15) is 0 Å². The van der Waals surface area contributed by atoms with E-state index in [0.29, 0.717) is 6.04 Å². The van der Waals surface area contributed by atoms with E-state index in [1.807, 2.05) is 11.3 Å². The van der Waals surface area contributed by atoms with Crippen LogP contribution in [0.1, 0.15) is 51.1 Å². The predicted octanol–water partition coefficient (Wildman–Crippen LogP) is 5.89. The van der Waals surface area contributed by atoms with E-state index in [4.69, 9.17) is 0 Å². The van der Waals surface area contributed by atoms with Crippen molar-refractivity contribution in [3.63, 3.8) is 0 Å². The molecular formula is C16H22BrNS. The number of benzene rings is 1. The molecule has 0 amide bonds. The minimum atomic E-state index is 0.500. The SMILES string of the molecule is CCCCCC(NCC)c1csc2c(Br)cccc12. The van der Waals surface area contributed by atoms with Crippen molar-refractivity contribution in [3.05, 3.63) is 33.6 Å². The first-order chi connectivity index (χ1) is 9.27. The maximum atomic E-state index is 3.65. The smallest absolute Gasteiger partial charge is 0.0488 e. The maximum Gasteiger partial charge on any atom is 0.0488 e. The monoisotopic (exact) mass is 339 g/mol. The highest BCUT2D eigenvalue weighted by Gasteiger charge is 2.15. The van der Waals surface area contributed by atoms with Gasteiger partial charge in [0.15, 0.2) is 0 Å². The summed E-state index contributed by atoms with van der Waals surface area (Å²) < 4.78 is 2.58. The van der Waals surface area contributed by atoms with Gasteiger partial charge in [-0.25, -0.2) is 0 Å². The third kappa shape index (κ3) is 3.59. The molecule has 1 heterocycles. The van der Waals surface area contributed by atoms with E-state index in [1.54, 1.807) is 0 Å². The van der Waals surface area contributed by atoms with Crippen molar-refractivity contribution in [3.8, 4) is 0 Å². The Bertz CT molecular complexity index is 520. The summed E-state index contributed by atoms with van der Waals surface area (Å²) in [6.45, 7) is 5.48. The molecular weight excluding hydrogens is 318 g/mol. The molecule has 2 rings (SSSR count). The molecule has 0 bridgehead atoms.